The Morgan fingerprint density at radius 2 is 1.37 bits per heavy atom. The number of ether oxygens (including phenoxy) is 9. The topological polar surface area (TPSA) is 198 Å². The third-order valence-corrected chi connectivity index (χ3v) is 14.1. The molecule has 6 rings (SSSR count). The van der Waals surface area contributed by atoms with E-state index in [1.807, 2.05) is 13.0 Å². The summed E-state index contributed by atoms with van der Waals surface area (Å²) in [6.07, 6.45) is 6.07. The number of nitrogens with zero attached hydrogens (tertiary/aromatic N) is 2. The molecule has 0 bridgehead atoms. The number of hydrogen-bond donors (Lipinski definition) is 2. The standard InChI is InChI=1S/C33H48FNO8.C30H42FNO7/c1-12-35(30(38)43-31(5,6)7)23-17-22(27-26(18-23)40-33(10,11)42-29(27)37)14-13-15-25-28(41-32(8,9)39-25)20(3)24(34)16-19(2)21(4)36;1-10-32(28(35)39-29(5,6)7)21-15-20-12-11-13-24-26(38-30(8,9)37-24)18(3)22(31)14-17(2)19(4)36-27(34)25(20)23(33)16-21/h13-14,16-21,25,28,36H,12,15H2,1-11H3;11-12,14-19,24,26,33H,10,13H2,1-9H3/b14-13+,24-16+;12-11+,22-14+/t19-,20-,21+,25+,28-;17-,18-,19+,24+,26-/m11/s1. The maximum absolute atomic E-state index is 15.3. The minimum Gasteiger partial charge on any atom is -0.507 e. The zero-order valence-electron chi connectivity index (χ0n) is 51.7. The highest BCUT2D eigenvalue weighted by Crippen LogP contribution is 2.42. The van der Waals surface area contributed by atoms with Crippen molar-refractivity contribution in [3.05, 3.63) is 82.5 Å². The average Bonchev–Trinajstić information content (AvgIpc) is 3.14. The van der Waals surface area contributed by atoms with Crippen LogP contribution in [0.4, 0.5) is 29.7 Å². The van der Waals surface area contributed by atoms with E-state index in [1.165, 1.54) is 28.0 Å². The molecule has 0 saturated carbocycles. The van der Waals surface area contributed by atoms with Gasteiger partial charge in [0.05, 0.1) is 41.9 Å². The molecule has 0 radical (unpaired) electrons. The third kappa shape index (κ3) is 17.6. The van der Waals surface area contributed by atoms with Crippen molar-refractivity contribution in [2.45, 2.75) is 217 Å². The number of esters is 2. The lowest BCUT2D eigenvalue weighted by Crippen LogP contribution is -2.40. The van der Waals surface area contributed by atoms with Gasteiger partial charge < -0.3 is 52.8 Å². The van der Waals surface area contributed by atoms with E-state index < -0.39 is 107 Å². The fourth-order valence-electron chi connectivity index (χ4n) is 9.71. The van der Waals surface area contributed by atoms with Gasteiger partial charge in [0.15, 0.2) is 11.6 Å². The average molecular weight is 1150 g/mol. The summed E-state index contributed by atoms with van der Waals surface area (Å²) in [6.45, 7) is 35.6. The summed E-state index contributed by atoms with van der Waals surface area (Å²) in [7, 11) is 0. The summed E-state index contributed by atoms with van der Waals surface area (Å²) in [5, 5.41) is 20.8. The Morgan fingerprint density at radius 3 is 1.93 bits per heavy atom. The smallest absolute Gasteiger partial charge is 0.414 e. The molecule has 4 heterocycles. The van der Waals surface area contributed by atoms with Crippen molar-refractivity contribution in [2.24, 2.45) is 23.7 Å². The number of fused-ring (bicyclic) bond motifs is 3. The van der Waals surface area contributed by atoms with Crippen molar-refractivity contribution in [3.63, 3.8) is 0 Å². The number of amides is 2. The number of halogens is 2. The first-order valence-electron chi connectivity index (χ1n) is 28.4. The Balaban J connectivity index is 0.000000302. The summed E-state index contributed by atoms with van der Waals surface area (Å²) >= 11 is 0. The molecule has 17 nitrogen and oxygen atoms in total. The van der Waals surface area contributed by atoms with Crippen molar-refractivity contribution < 1.29 is 80.8 Å². The fraction of sp³-hybridized carbons (Fsp3) is 0.619. The lowest BCUT2D eigenvalue weighted by molar-refractivity contribution is -0.149. The Hall–Kier alpha value is -5.86. The third-order valence-electron chi connectivity index (χ3n) is 14.1. The second-order valence-electron chi connectivity index (χ2n) is 25.0. The molecule has 2 N–H and O–H groups in total. The van der Waals surface area contributed by atoms with Crippen LogP contribution in [-0.2, 0) is 37.9 Å². The normalized spacial score (nSPS) is 26.5. The number of aliphatic hydroxyl groups is 1. The second kappa shape index (κ2) is 26.4. The number of phenols is 1. The van der Waals surface area contributed by atoms with Crippen molar-refractivity contribution in [1.82, 2.24) is 0 Å². The summed E-state index contributed by atoms with van der Waals surface area (Å²) in [4.78, 5) is 55.1. The Kier molecular flexibility index (Phi) is 21.5. The van der Waals surface area contributed by atoms with E-state index in [9.17, 15) is 29.4 Å². The second-order valence-corrected chi connectivity index (χ2v) is 25.0. The number of benzene rings is 2. The zero-order chi connectivity index (χ0) is 61.8. The molecule has 82 heavy (non-hydrogen) atoms. The van der Waals surface area contributed by atoms with Gasteiger partial charge in [0.1, 0.15) is 51.6 Å². The van der Waals surface area contributed by atoms with Crippen LogP contribution < -0.4 is 14.5 Å². The number of rotatable bonds is 11. The first-order valence-corrected chi connectivity index (χ1v) is 28.4. The molecule has 0 spiro atoms. The van der Waals surface area contributed by atoms with Gasteiger partial charge in [0.2, 0.25) is 5.79 Å². The van der Waals surface area contributed by atoms with Crippen molar-refractivity contribution in [1.29, 1.82) is 0 Å². The van der Waals surface area contributed by atoms with E-state index in [-0.39, 0.29) is 46.7 Å². The minimum absolute atomic E-state index is 0.0513. The van der Waals surface area contributed by atoms with Crippen molar-refractivity contribution in [2.75, 3.05) is 22.9 Å². The van der Waals surface area contributed by atoms with Gasteiger partial charge in [-0.05, 0) is 145 Å². The molecule has 0 unspecified atom stereocenters. The highest BCUT2D eigenvalue weighted by Gasteiger charge is 2.46. The van der Waals surface area contributed by atoms with Gasteiger partial charge in [-0.3, -0.25) is 9.80 Å². The van der Waals surface area contributed by atoms with E-state index in [2.05, 4.69) is 0 Å². The molecule has 2 aromatic rings. The van der Waals surface area contributed by atoms with Gasteiger partial charge in [-0.2, -0.15) is 0 Å². The van der Waals surface area contributed by atoms with Gasteiger partial charge in [0.25, 0.3) is 0 Å². The molecular formula is C63H90F2N2O15. The van der Waals surface area contributed by atoms with Crippen LogP contribution in [-0.4, -0.2) is 113 Å². The number of phenolic OH excluding ortho intramolecular Hbond substituents is 1. The van der Waals surface area contributed by atoms with E-state index in [4.69, 9.17) is 42.6 Å². The first kappa shape index (κ1) is 66.9. The molecule has 19 heteroatoms. The molecule has 0 aliphatic carbocycles. The highest BCUT2D eigenvalue weighted by atomic mass is 19.1. The van der Waals surface area contributed by atoms with Crippen LogP contribution in [0.1, 0.15) is 183 Å². The van der Waals surface area contributed by atoms with Gasteiger partial charge >= 0.3 is 24.1 Å². The van der Waals surface area contributed by atoms with E-state index in [0.717, 1.165) is 0 Å². The maximum atomic E-state index is 15.3. The summed E-state index contributed by atoms with van der Waals surface area (Å²) in [5.74, 6) is -7.11. The minimum atomic E-state index is -1.19. The lowest BCUT2D eigenvalue weighted by Gasteiger charge is -2.33. The van der Waals surface area contributed by atoms with Gasteiger partial charge in [0, 0.05) is 62.7 Å². The summed E-state index contributed by atoms with van der Waals surface area (Å²) in [5.41, 5.74) is 0.467. The van der Waals surface area contributed by atoms with Crippen LogP contribution in [0.3, 0.4) is 0 Å². The summed E-state index contributed by atoms with van der Waals surface area (Å²) < 4.78 is 83.1. The summed E-state index contributed by atoms with van der Waals surface area (Å²) in [6, 6.07) is 6.32. The molecule has 10 atom stereocenters. The van der Waals surface area contributed by atoms with Crippen LogP contribution in [0, 0.1) is 23.7 Å². The van der Waals surface area contributed by atoms with Gasteiger partial charge in [-0.15, -0.1) is 0 Å². The van der Waals surface area contributed by atoms with E-state index in [1.54, 1.807) is 168 Å². The van der Waals surface area contributed by atoms with E-state index >= 15 is 8.78 Å². The molecule has 0 aromatic heterocycles. The van der Waals surface area contributed by atoms with Crippen LogP contribution in [0.15, 0.2) is 60.2 Å². The number of hydrogen-bond acceptors (Lipinski definition) is 15. The van der Waals surface area contributed by atoms with Gasteiger partial charge in [-0.1, -0.05) is 52.0 Å². The van der Waals surface area contributed by atoms with Crippen LogP contribution in [0.25, 0.3) is 12.2 Å². The van der Waals surface area contributed by atoms with Crippen LogP contribution >= 0.6 is 0 Å². The molecule has 4 aliphatic rings. The van der Waals surface area contributed by atoms with Crippen molar-refractivity contribution >= 4 is 47.7 Å². The molecular weight excluding hydrogens is 1060 g/mol. The number of aliphatic hydroxyl groups excluding tert-OH is 1. The lowest BCUT2D eigenvalue weighted by atomic mass is 9.93. The zero-order valence-corrected chi connectivity index (χ0v) is 51.7. The molecule has 2 fully saturated rings. The molecule has 4 aliphatic heterocycles. The predicted octanol–water partition coefficient (Wildman–Crippen LogP) is 13.9. The highest BCUT2D eigenvalue weighted by molar-refractivity contribution is 6.00. The van der Waals surface area contributed by atoms with Crippen LogP contribution in [0.5, 0.6) is 11.5 Å². The van der Waals surface area contributed by atoms with E-state index in [0.29, 0.717) is 41.9 Å². The molecule has 2 amide bonds. The number of carbonyl (C=O) groups is 4. The Bertz CT molecular complexity index is 2750. The number of anilines is 2. The monoisotopic (exact) mass is 1150 g/mol. The Morgan fingerprint density at radius 1 is 0.793 bits per heavy atom. The molecule has 2 aromatic carbocycles. The predicted molar refractivity (Wildman–Crippen MR) is 310 cm³/mol. The Labute approximate surface area is 483 Å². The van der Waals surface area contributed by atoms with Gasteiger partial charge in [-0.25, -0.2) is 28.0 Å². The SMILES string of the molecule is CCN(C(=O)OC(C)(C)C)c1cc(/C=C/C[C@@H]2OC(C)(C)O[C@@H]2[C@H](C)/C(F)=C\[C@@H](C)[C@H](C)O)c2c(c1)OC(C)(C)OC2=O.CCN(C(=O)OC(C)(C)C)c1cc(O)c2c(c1)/C=C/C[C@@H]1OC(C)(C)O[C@@H]1[C@H](C)/C(F)=C\[C@@H](C)[C@H](C)OC2=O. The quantitative estimate of drug-likeness (QED) is 0.159. The van der Waals surface area contributed by atoms with Crippen molar-refractivity contribution in [3.8, 4) is 11.5 Å². The fourth-order valence-corrected chi connectivity index (χ4v) is 9.71. The molecule has 2 saturated heterocycles. The van der Waals surface area contributed by atoms with Crippen LogP contribution in [0.2, 0.25) is 0 Å². The first-order chi connectivity index (χ1) is 37.8. The molecule has 456 valence electrons. The number of aromatic hydroxyl groups is 1. The maximum Gasteiger partial charge on any atom is 0.414 e. The number of cyclic esters (lactones) is 2. The number of carbonyl (C=O) groups excluding carboxylic acids is 4. The largest absolute Gasteiger partial charge is 0.507 e.